The maximum Gasteiger partial charge on any atom is 0.256 e. The van der Waals surface area contributed by atoms with Gasteiger partial charge in [-0.2, -0.15) is 0 Å². The predicted octanol–water partition coefficient (Wildman–Crippen LogP) is 5.70. The van der Waals surface area contributed by atoms with E-state index in [1.807, 2.05) is 18.2 Å². The van der Waals surface area contributed by atoms with Gasteiger partial charge in [-0.25, -0.2) is 0 Å². The van der Waals surface area contributed by atoms with Crippen LogP contribution >= 0.6 is 23.2 Å². The van der Waals surface area contributed by atoms with E-state index in [4.69, 9.17) is 47.9 Å². The van der Waals surface area contributed by atoms with Crippen molar-refractivity contribution in [3.8, 4) is 5.75 Å². The Hall–Kier alpha value is -2.58. The van der Waals surface area contributed by atoms with Crippen molar-refractivity contribution >= 4 is 46.0 Å². The Balaban J connectivity index is 1.30. The topological polar surface area (TPSA) is 103 Å². The van der Waals surface area contributed by atoms with Crippen LogP contribution in [0.15, 0.2) is 46.9 Å². The minimum Gasteiger partial charge on any atom is -0.490 e. The molecule has 1 aliphatic rings. The van der Waals surface area contributed by atoms with E-state index in [0.29, 0.717) is 39.2 Å². The molecule has 34 heavy (non-hydrogen) atoms. The van der Waals surface area contributed by atoms with E-state index in [0.717, 1.165) is 25.9 Å². The maximum absolute atomic E-state index is 10.6. The lowest BCUT2D eigenvalue weighted by atomic mass is 9.89. The number of rotatable bonds is 7. The number of nitrogens with zero attached hydrogens (tertiary/aromatic N) is 1. The first kappa shape index (κ1) is 24.5. The third-order valence-corrected chi connectivity index (χ3v) is 6.64. The largest absolute Gasteiger partial charge is 0.490 e. The molecule has 0 saturated carbocycles. The highest BCUT2D eigenvalue weighted by molar-refractivity contribution is 6.42. The minimum absolute atomic E-state index is 0.0916. The monoisotopic (exact) mass is 503 g/mol. The summed E-state index contributed by atoms with van der Waals surface area (Å²) in [5.74, 6) is 0.878. The molecule has 3 aromatic rings. The van der Waals surface area contributed by atoms with Gasteiger partial charge in [-0.05, 0) is 61.7 Å². The zero-order chi connectivity index (χ0) is 24.2. The minimum atomic E-state index is -0.648. The average Bonchev–Trinajstić information content (AvgIpc) is 3.25. The van der Waals surface area contributed by atoms with Gasteiger partial charge in [0.1, 0.15) is 24.0 Å². The van der Waals surface area contributed by atoms with Crippen molar-refractivity contribution in [2.75, 3.05) is 26.2 Å². The number of hydrogen-bond acceptors (Lipinski definition) is 7. The van der Waals surface area contributed by atoms with Crippen LogP contribution in [0.25, 0.3) is 11.0 Å². The van der Waals surface area contributed by atoms with Gasteiger partial charge in [-0.15, -0.1) is 0 Å². The lowest BCUT2D eigenvalue weighted by Gasteiger charge is -2.33. The SMILES string of the molecule is CC(=N)OC(=N)c1cc2c(OC[C@H](O)CN3CCC(c4ccc(Cl)c(Cl)c4)CC3)cccc2o1. The number of aliphatic hydroxyl groups excluding tert-OH is 1. The van der Waals surface area contributed by atoms with Gasteiger partial charge in [0.15, 0.2) is 11.7 Å². The zero-order valence-corrected chi connectivity index (χ0v) is 20.3. The number of hydrogen-bond donors (Lipinski definition) is 3. The smallest absolute Gasteiger partial charge is 0.256 e. The van der Waals surface area contributed by atoms with Crippen LogP contribution in [0, 0.1) is 10.8 Å². The Labute approximate surface area is 208 Å². The van der Waals surface area contributed by atoms with Crippen LogP contribution in [0.5, 0.6) is 5.75 Å². The molecule has 0 amide bonds. The molecular formula is C25H27Cl2N3O4. The number of halogens is 2. The fourth-order valence-corrected chi connectivity index (χ4v) is 4.53. The van der Waals surface area contributed by atoms with Crippen molar-refractivity contribution < 1.29 is 19.0 Å². The number of benzene rings is 2. The van der Waals surface area contributed by atoms with E-state index >= 15 is 0 Å². The summed E-state index contributed by atoms with van der Waals surface area (Å²) < 4.78 is 16.6. The molecule has 1 fully saturated rings. The van der Waals surface area contributed by atoms with Gasteiger partial charge < -0.3 is 23.9 Å². The standard InChI is InChI=1S/C25H27Cl2N3O4/c1-15(28)33-25(29)24-12-19-22(3-2-4-23(19)34-24)32-14-18(31)13-30-9-7-16(8-10-30)17-5-6-20(26)21(27)11-17/h2-6,11-12,16,18,28-29,31H,7-10,13-14H2,1H3/t18-/m1/s1. The van der Waals surface area contributed by atoms with E-state index < -0.39 is 6.10 Å². The van der Waals surface area contributed by atoms with Crippen molar-refractivity contribution in [1.29, 1.82) is 10.8 Å². The number of fused-ring (bicyclic) bond motifs is 1. The Bertz CT molecular complexity index is 1190. The van der Waals surface area contributed by atoms with Crippen LogP contribution in [0.2, 0.25) is 10.0 Å². The summed E-state index contributed by atoms with van der Waals surface area (Å²) in [6.07, 6.45) is 1.34. The van der Waals surface area contributed by atoms with Gasteiger partial charge in [0, 0.05) is 19.5 Å². The Kier molecular flexibility index (Phi) is 7.78. The van der Waals surface area contributed by atoms with Crippen molar-refractivity contribution in [1.82, 2.24) is 4.90 Å². The summed E-state index contributed by atoms with van der Waals surface area (Å²) >= 11 is 12.2. The molecule has 180 valence electrons. The summed E-state index contributed by atoms with van der Waals surface area (Å²) in [5.41, 5.74) is 1.75. The molecule has 2 heterocycles. The van der Waals surface area contributed by atoms with E-state index in [9.17, 15) is 5.11 Å². The number of aliphatic hydroxyl groups is 1. The van der Waals surface area contributed by atoms with Crippen LogP contribution < -0.4 is 4.74 Å². The van der Waals surface area contributed by atoms with Gasteiger partial charge >= 0.3 is 0 Å². The second-order valence-corrected chi connectivity index (χ2v) is 9.29. The summed E-state index contributed by atoms with van der Waals surface area (Å²) in [5, 5.41) is 27.7. The number of nitrogens with one attached hydrogen (secondary N) is 2. The number of likely N-dealkylation sites (tertiary alicyclic amines) is 1. The van der Waals surface area contributed by atoms with Crippen molar-refractivity contribution in [2.45, 2.75) is 31.8 Å². The highest BCUT2D eigenvalue weighted by atomic mass is 35.5. The predicted molar refractivity (Wildman–Crippen MR) is 134 cm³/mol. The number of piperidine rings is 1. The molecular weight excluding hydrogens is 477 g/mol. The Morgan fingerprint density at radius 3 is 2.62 bits per heavy atom. The molecule has 1 aliphatic heterocycles. The van der Waals surface area contributed by atoms with Gasteiger partial charge in [0.2, 0.25) is 0 Å². The first-order chi connectivity index (χ1) is 16.3. The molecule has 1 aromatic heterocycles. The van der Waals surface area contributed by atoms with Crippen LogP contribution in [0.4, 0.5) is 0 Å². The first-order valence-corrected chi connectivity index (χ1v) is 11.9. The third kappa shape index (κ3) is 5.91. The molecule has 0 aliphatic carbocycles. The molecule has 1 atom stereocenters. The molecule has 4 rings (SSSR count). The molecule has 1 saturated heterocycles. The van der Waals surface area contributed by atoms with Crippen LogP contribution in [-0.4, -0.2) is 54.1 Å². The number of ether oxygens (including phenoxy) is 2. The van der Waals surface area contributed by atoms with Gasteiger partial charge in [-0.1, -0.05) is 35.3 Å². The molecule has 0 spiro atoms. The molecule has 2 aromatic carbocycles. The lowest BCUT2D eigenvalue weighted by Crippen LogP contribution is -2.40. The van der Waals surface area contributed by atoms with Gasteiger partial charge in [0.25, 0.3) is 5.90 Å². The highest BCUT2D eigenvalue weighted by Crippen LogP contribution is 2.33. The van der Waals surface area contributed by atoms with Crippen LogP contribution in [0.1, 0.15) is 37.0 Å². The quantitative estimate of drug-likeness (QED) is 0.283. The Morgan fingerprint density at radius 2 is 1.91 bits per heavy atom. The van der Waals surface area contributed by atoms with E-state index in [-0.39, 0.29) is 24.2 Å². The molecule has 7 nitrogen and oxygen atoms in total. The van der Waals surface area contributed by atoms with E-state index in [1.54, 1.807) is 24.3 Å². The summed E-state index contributed by atoms with van der Waals surface area (Å²) in [7, 11) is 0. The first-order valence-electron chi connectivity index (χ1n) is 11.1. The van der Waals surface area contributed by atoms with Gasteiger partial charge in [0.05, 0.1) is 15.4 Å². The van der Waals surface area contributed by atoms with Crippen LogP contribution in [0.3, 0.4) is 0 Å². The maximum atomic E-state index is 10.6. The summed E-state index contributed by atoms with van der Waals surface area (Å²) in [6, 6.07) is 12.8. The average molecular weight is 504 g/mol. The molecule has 0 bridgehead atoms. The molecule has 9 heteroatoms. The van der Waals surface area contributed by atoms with Gasteiger partial charge in [-0.3, -0.25) is 10.8 Å². The second-order valence-electron chi connectivity index (χ2n) is 8.48. The highest BCUT2D eigenvalue weighted by Gasteiger charge is 2.23. The normalized spacial score (nSPS) is 15.9. The van der Waals surface area contributed by atoms with Crippen molar-refractivity contribution in [3.63, 3.8) is 0 Å². The van der Waals surface area contributed by atoms with E-state index in [1.165, 1.54) is 12.5 Å². The molecule has 0 radical (unpaired) electrons. The lowest BCUT2D eigenvalue weighted by molar-refractivity contribution is 0.0599. The molecule has 3 N–H and O–H groups in total. The fraction of sp³-hybridized carbons (Fsp3) is 0.360. The fourth-order valence-electron chi connectivity index (χ4n) is 4.23. The van der Waals surface area contributed by atoms with E-state index in [2.05, 4.69) is 4.90 Å². The van der Waals surface area contributed by atoms with Crippen molar-refractivity contribution in [3.05, 3.63) is 63.8 Å². The third-order valence-electron chi connectivity index (χ3n) is 5.90. The summed E-state index contributed by atoms with van der Waals surface area (Å²) in [6.45, 7) is 3.88. The van der Waals surface area contributed by atoms with Crippen LogP contribution in [-0.2, 0) is 4.74 Å². The summed E-state index contributed by atoms with van der Waals surface area (Å²) in [4.78, 5) is 2.25. The zero-order valence-electron chi connectivity index (χ0n) is 18.8. The number of furan rings is 1. The number of β-amino-alcohol motifs (C(OH)–C–C–N with tert-alkyl or cyclic N) is 1. The second kappa shape index (κ2) is 10.8. The Morgan fingerprint density at radius 1 is 1.15 bits per heavy atom. The van der Waals surface area contributed by atoms with Crippen molar-refractivity contribution in [2.24, 2.45) is 0 Å². The molecule has 0 unspecified atom stereocenters.